The quantitative estimate of drug-likeness (QED) is 0.710. The normalized spacial score (nSPS) is 11.0. The molecule has 21 heavy (non-hydrogen) atoms. The highest BCUT2D eigenvalue weighted by atomic mass is 32.2. The number of urea groups is 1. The van der Waals surface area contributed by atoms with E-state index in [0.29, 0.717) is 6.42 Å². The molecule has 0 saturated heterocycles. The first-order valence-corrected chi connectivity index (χ1v) is 7.61. The first-order chi connectivity index (χ1) is 9.70. The van der Waals surface area contributed by atoms with Crippen molar-refractivity contribution in [1.29, 1.82) is 0 Å². The van der Waals surface area contributed by atoms with Gasteiger partial charge in [-0.1, -0.05) is 6.07 Å². The van der Waals surface area contributed by atoms with Gasteiger partial charge in [-0.3, -0.25) is 4.79 Å². The van der Waals surface area contributed by atoms with Crippen LogP contribution in [-0.4, -0.2) is 44.0 Å². The molecule has 0 aromatic heterocycles. The fourth-order valence-corrected chi connectivity index (χ4v) is 2.10. The van der Waals surface area contributed by atoms with Crippen LogP contribution in [-0.2, 0) is 14.8 Å². The zero-order chi connectivity index (χ0) is 16.0. The summed E-state index contributed by atoms with van der Waals surface area (Å²) in [4.78, 5) is 23.4. The van der Waals surface area contributed by atoms with Crippen LogP contribution in [0.3, 0.4) is 0 Å². The molecule has 0 bridgehead atoms. The van der Waals surface area contributed by atoms with E-state index in [4.69, 9.17) is 10.2 Å². The second kappa shape index (κ2) is 7.04. The van der Waals surface area contributed by atoms with Crippen LogP contribution in [0.2, 0.25) is 0 Å². The minimum atomic E-state index is -3.84. The van der Waals surface area contributed by atoms with Crippen LogP contribution in [0.15, 0.2) is 29.2 Å². The van der Waals surface area contributed by atoms with Crippen LogP contribution in [0, 0.1) is 0 Å². The van der Waals surface area contributed by atoms with Gasteiger partial charge in [0.15, 0.2) is 0 Å². The lowest BCUT2D eigenvalue weighted by Gasteiger charge is -2.17. The summed E-state index contributed by atoms with van der Waals surface area (Å²) in [5.74, 6) is -0.926. The van der Waals surface area contributed by atoms with Crippen LogP contribution in [0.1, 0.15) is 12.8 Å². The minimum Gasteiger partial charge on any atom is -0.481 e. The molecule has 0 radical (unpaired) electrons. The number of anilines is 1. The van der Waals surface area contributed by atoms with Crippen molar-refractivity contribution < 1.29 is 23.1 Å². The summed E-state index contributed by atoms with van der Waals surface area (Å²) in [6.07, 6.45) is 0.301. The first-order valence-electron chi connectivity index (χ1n) is 6.07. The highest BCUT2D eigenvalue weighted by Gasteiger charge is 2.12. The van der Waals surface area contributed by atoms with E-state index in [1.807, 2.05) is 0 Å². The summed E-state index contributed by atoms with van der Waals surface area (Å²) in [5.41, 5.74) is 0.289. The van der Waals surface area contributed by atoms with E-state index in [1.54, 1.807) is 0 Å². The maximum atomic E-state index is 11.8. The van der Waals surface area contributed by atoms with E-state index in [2.05, 4.69) is 5.32 Å². The molecule has 0 saturated carbocycles. The van der Waals surface area contributed by atoms with Gasteiger partial charge in [0.05, 0.1) is 4.90 Å². The number of amides is 2. The predicted octanol–water partition coefficient (Wildman–Crippen LogP) is 0.662. The molecule has 9 heteroatoms. The lowest BCUT2D eigenvalue weighted by Crippen LogP contribution is -2.32. The molecule has 1 aromatic carbocycles. The molecule has 4 N–H and O–H groups in total. The molecule has 8 nitrogen and oxygen atoms in total. The van der Waals surface area contributed by atoms with Gasteiger partial charge in [-0.05, 0) is 24.6 Å². The van der Waals surface area contributed by atoms with Crippen molar-refractivity contribution in [2.45, 2.75) is 17.7 Å². The molecular formula is C12H17N3O5S. The van der Waals surface area contributed by atoms with Crippen LogP contribution < -0.4 is 10.5 Å². The number of carboxylic acids is 1. The lowest BCUT2D eigenvalue weighted by molar-refractivity contribution is -0.137. The summed E-state index contributed by atoms with van der Waals surface area (Å²) in [6, 6.07) is 5.09. The number of carboxylic acid groups (broad SMARTS) is 1. The Morgan fingerprint density at radius 3 is 2.62 bits per heavy atom. The smallest absolute Gasteiger partial charge is 0.321 e. The number of carbonyl (C=O) groups is 2. The van der Waals surface area contributed by atoms with Crippen LogP contribution in [0.5, 0.6) is 0 Å². The van der Waals surface area contributed by atoms with E-state index < -0.39 is 22.0 Å². The molecular weight excluding hydrogens is 298 g/mol. The molecule has 116 valence electrons. The van der Waals surface area contributed by atoms with Crippen LogP contribution in [0.4, 0.5) is 10.5 Å². The topological polar surface area (TPSA) is 130 Å². The minimum absolute atomic E-state index is 0.0292. The van der Waals surface area contributed by atoms with Gasteiger partial charge >= 0.3 is 12.0 Å². The largest absolute Gasteiger partial charge is 0.481 e. The summed E-state index contributed by atoms with van der Waals surface area (Å²) < 4.78 is 22.4. The van der Waals surface area contributed by atoms with Crippen molar-refractivity contribution >= 4 is 27.7 Å². The Kier molecular flexibility index (Phi) is 5.68. The third-order valence-corrected chi connectivity index (χ3v) is 3.56. The Hall–Kier alpha value is -2.13. The average molecular weight is 315 g/mol. The Morgan fingerprint density at radius 2 is 2.05 bits per heavy atom. The number of aliphatic carboxylic acids is 1. The van der Waals surface area contributed by atoms with Gasteiger partial charge in [-0.2, -0.15) is 0 Å². The summed E-state index contributed by atoms with van der Waals surface area (Å²) in [6.45, 7) is 0.271. The maximum absolute atomic E-state index is 11.8. The number of benzene rings is 1. The lowest BCUT2D eigenvalue weighted by atomic mass is 10.3. The zero-order valence-electron chi connectivity index (χ0n) is 11.4. The van der Waals surface area contributed by atoms with Gasteiger partial charge in [-0.25, -0.2) is 18.4 Å². The zero-order valence-corrected chi connectivity index (χ0v) is 12.3. The summed E-state index contributed by atoms with van der Waals surface area (Å²) in [5, 5.41) is 16.0. The molecule has 0 spiro atoms. The van der Waals surface area contributed by atoms with Crippen molar-refractivity contribution in [1.82, 2.24) is 4.90 Å². The monoisotopic (exact) mass is 315 g/mol. The van der Waals surface area contributed by atoms with E-state index in [0.717, 1.165) is 0 Å². The Balaban J connectivity index is 2.64. The number of nitrogens with one attached hydrogen (secondary N) is 1. The first kappa shape index (κ1) is 16.9. The number of rotatable bonds is 6. The number of carbonyl (C=O) groups excluding carboxylic acids is 1. The van der Waals surface area contributed by atoms with Gasteiger partial charge < -0.3 is 15.3 Å². The highest BCUT2D eigenvalue weighted by molar-refractivity contribution is 7.89. The van der Waals surface area contributed by atoms with Gasteiger partial charge in [-0.15, -0.1) is 0 Å². The molecule has 2 amide bonds. The molecule has 0 unspecified atom stereocenters. The molecule has 1 rings (SSSR count). The third kappa shape index (κ3) is 5.79. The summed E-state index contributed by atoms with van der Waals surface area (Å²) in [7, 11) is -2.32. The predicted molar refractivity (Wildman–Crippen MR) is 76.3 cm³/mol. The number of nitrogens with two attached hydrogens (primary N) is 1. The van der Waals surface area contributed by atoms with Crippen LogP contribution >= 0.6 is 0 Å². The fourth-order valence-electron chi connectivity index (χ4n) is 1.54. The second-order valence-electron chi connectivity index (χ2n) is 4.42. The molecule has 0 aliphatic heterocycles. The number of hydrogen-bond donors (Lipinski definition) is 3. The molecule has 0 atom stereocenters. The Morgan fingerprint density at radius 1 is 1.38 bits per heavy atom. The van der Waals surface area contributed by atoms with E-state index >= 15 is 0 Å². The van der Waals surface area contributed by atoms with Gasteiger partial charge in [0, 0.05) is 25.7 Å². The average Bonchev–Trinajstić information content (AvgIpc) is 2.37. The van der Waals surface area contributed by atoms with E-state index in [-0.39, 0.29) is 23.5 Å². The third-order valence-electron chi connectivity index (χ3n) is 2.64. The van der Waals surface area contributed by atoms with E-state index in [1.165, 1.54) is 36.2 Å². The number of sulfonamides is 1. The Labute approximate surface area is 122 Å². The van der Waals surface area contributed by atoms with Gasteiger partial charge in [0.1, 0.15) is 0 Å². The molecule has 0 aliphatic carbocycles. The fraction of sp³-hybridized carbons (Fsp3) is 0.333. The Bertz CT molecular complexity index is 630. The van der Waals surface area contributed by atoms with Gasteiger partial charge in [0.2, 0.25) is 10.0 Å². The SMILES string of the molecule is CN(CCCC(=O)O)C(=O)Nc1cccc(S(N)(=O)=O)c1. The standard InChI is InChI=1S/C12H17N3O5S/c1-15(7-3-6-11(16)17)12(18)14-9-4-2-5-10(8-9)21(13,19)20/h2,4-5,8H,3,6-7H2,1H3,(H,14,18)(H,16,17)(H2,13,19,20). The number of primary sulfonamides is 1. The molecule has 1 aromatic rings. The molecule has 0 fully saturated rings. The number of nitrogens with zero attached hydrogens (tertiary/aromatic N) is 1. The molecule has 0 heterocycles. The van der Waals surface area contributed by atoms with Crippen molar-refractivity contribution in [2.75, 3.05) is 18.9 Å². The van der Waals surface area contributed by atoms with E-state index in [9.17, 15) is 18.0 Å². The maximum Gasteiger partial charge on any atom is 0.321 e. The van der Waals surface area contributed by atoms with Crippen LogP contribution in [0.25, 0.3) is 0 Å². The van der Waals surface area contributed by atoms with Crippen molar-refractivity contribution in [2.24, 2.45) is 5.14 Å². The summed E-state index contributed by atoms with van der Waals surface area (Å²) >= 11 is 0. The number of hydrogen-bond acceptors (Lipinski definition) is 4. The van der Waals surface area contributed by atoms with Crippen molar-refractivity contribution in [3.05, 3.63) is 24.3 Å². The second-order valence-corrected chi connectivity index (χ2v) is 5.98. The van der Waals surface area contributed by atoms with Gasteiger partial charge in [0.25, 0.3) is 0 Å². The molecule has 0 aliphatic rings. The van der Waals surface area contributed by atoms with Crippen molar-refractivity contribution in [3.63, 3.8) is 0 Å². The van der Waals surface area contributed by atoms with Crippen molar-refractivity contribution in [3.8, 4) is 0 Å². The highest BCUT2D eigenvalue weighted by Crippen LogP contribution is 2.14.